The zero-order valence-corrected chi connectivity index (χ0v) is 18.0. The van der Waals surface area contributed by atoms with Gasteiger partial charge in [0.2, 0.25) is 5.24 Å². The maximum atomic E-state index is 13.8. The number of rotatable bonds is 4. The van der Waals surface area contributed by atoms with Gasteiger partial charge in [0.1, 0.15) is 10.8 Å². The molecule has 1 aliphatic heterocycles. The molecule has 1 unspecified atom stereocenters. The van der Waals surface area contributed by atoms with E-state index in [9.17, 15) is 31.9 Å². The van der Waals surface area contributed by atoms with Gasteiger partial charge in [0.25, 0.3) is 11.8 Å². The molecule has 0 spiro atoms. The number of thiazole rings is 1. The van der Waals surface area contributed by atoms with Crippen LogP contribution in [0.15, 0.2) is 36.4 Å². The molecule has 0 bridgehead atoms. The third kappa shape index (κ3) is 3.87. The minimum atomic E-state index is -4.55. The molecule has 2 amide bonds. The predicted octanol–water partition coefficient (Wildman–Crippen LogP) is 5.23. The molecule has 32 heavy (non-hydrogen) atoms. The Kier molecular flexibility index (Phi) is 5.51. The standard InChI is InChI=1S/C20H10Cl2F4N2O3S/c21-15(29)7-19(22)12-6-10(23)2-3-11(12)17(30)28(18(19)31)8-16-27-13-5-9(20(24,25)26)1-4-14(13)32-16/h1-6H,7-8H2. The second-order valence-electron chi connectivity index (χ2n) is 7.01. The fourth-order valence-electron chi connectivity index (χ4n) is 3.46. The molecule has 2 aromatic carbocycles. The van der Waals surface area contributed by atoms with Crippen LogP contribution < -0.4 is 0 Å². The fraction of sp³-hybridized carbons (Fsp3) is 0.200. The van der Waals surface area contributed by atoms with Crippen molar-refractivity contribution in [3.05, 3.63) is 63.9 Å². The van der Waals surface area contributed by atoms with Crippen molar-refractivity contribution in [2.45, 2.75) is 24.0 Å². The molecule has 1 aliphatic rings. The average Bonchev–Trinajstić information content (AvgIpc) is 3.10. The maximum Gasteiger partial charge on any atom is 0.416 e. The van der Waals surface area contributed by atoms with Crippen molar-refractivity contribution in [1.82, 2.24) is 9.88 Å². The molecular formula is C20H10Cl2F4N2O3S. The zero-order valence-electron chi connectivity index (χ0n) is 15.7. The number of carbonyl (C=O) groups is 3. The Bertz CT molecular complexity index is 1290. The van der Waals surface area contributed by atoms with E-state index in [0.29, 0.717) is 4.70 Å². The summed E-state index contributed by atoms with van der Waals surface area (Å²) >= 11 is 12.9. The molecule has 0 aliphatic carbocycles. The van der Waals surface area contributed by atoms with Crippen molar-refractivity contribution in [3.8, 4) is 0 Å². The van der Waals surface area contributed by atoms with Crippen LogP contribution in [0, 0.1) is 5.82 Å². The molecule has 0 saturated heterocycles. The fourth-order valence-corrected chi connectivity index (χ4v) is 5.04. The molecule has 0 saturated carbocycles. The van der Waals surface area contributed by atoms with Crippen LogP contribution >= 0.6 is 34.5 Å². The Morgan fingerprint density at radius 2 is 1.88 bits per heavy atom. The first-order chi connectivity index (χ1) is 14.9. The van der Waals surface area contributed by atoms with E-state index in [-0.39, 0.29) is 21.7 Å². The van der Waals surface area contributed by atoms with Gasteiger partial charge in [0.15, 0.2) is 4.87 Å². The third-order valence-electron chi connectivity index (χ3n) is 4.90. The van der Waals surface area contributed by atoms with E-state index in [2.05, 4.69) is 4.98 Å². The van der Waals surface area contributed by atoms with Crippen molar-refractivity contribution in [3.63, 3.8) is 0 Å². The highest BCUT2D eigenvalue weighted by Crippen LogP contribution is 2.43. The van der Waals surface area contributed by atoms with Crippen molar-refractivity contribution < 1.29 is 31.9 Å². The van der Waals surface area contributed by atoms with Gasteiger partial charge < -0.3 is 0 Å². The molecule has 166 valence electrons. The van der Waals surface area contributed by atoms with Crippen LogP contribution in [0.5, 0.6) is 0 Å². The number of alkyl halides is 4. The number of hydrogen-bond acceptors (Lipinski definition) is 5. The van der Waals surface area contributed by atoms with Crippen LogP contribution in [0.25, 0.3) is 10.2 Å². The van der Waals surface area contributed by atoms with Crippen molar-refractivity contribution in [2.75, 3.05) is 0 Å². The lowest BCUT2D eigenvalue weighted by Crippen LogP contribution is -2.52. The van der Waals surface area contributed by atoms with Gasteiger partial charge in [0, 0.05) is 5.56 Å². The normalized spacial score (nSPS) is 18.9. The summed E-state index contributed by atoms with van der Waals surface area (Å²) in [5, 5.41) is -0.805. The summed E-state index contributed by atoms with van der Waals surface area (Å²) in [5.41, 5.74) is -1.12. The summed E-state index contributed by atoms with van der Waals surface area (Å²) in [6, 6.07) is 6.05. The van der Waals surface area contributed by atoms with Crippen LogP contribution in [0.4, 0.5) is 17.6 Å². The number of benzene rings is 2. The quantitative estimate of drug-likeness (QED) is 0.211. The maximum absolute atomic E-state index is 13.8. The number of fused-ring (bicyclic) bond motifs is 2. The van der Waals surface area contributed by atoms with Crippen LogP contribution in [0.1, 0.15) is 32.9 Å². The van der Waals surface area contributed by atoms with Gasteiger partial charge in [-0.1, -0.05) is 0 Å². The predicted molar refractivity (Wildman–Crippen MR) is 109 cm³/mol. The number of halogens is 6. The monoisotopic (exact) mass is 504 g/mol. The molecule has 4 rings (SSSR count). The lowest BCUT2D eigenvalue weighted by Gasteiger charge is -2.37. The summed E-state index contributed by atoms with van der Waals surface area (Å²) in [6.45, 7) is -0.403. The van der Waals surface area contributed by atoms with Gasteiger partial charge >= 0.3 is 6.18 Å². The molecule has 5 nitrogen and oxygen atoms in total. The average molecular weight is 505 g/mol. The lowest BCUT2D eigenvalue weighted by atomic mass is 9.85. The molecular weight excluding hydrogens is 495 g/mol. The van der Waals surface area contributed by atoms with E-state index in [1.807, 2.05) is 0 Å². The van der Waals surface area contributed by atoms with Gasteiger partial charge in [-0.3, -0.25) is 19.3 Å². The van der Waals surface area contributed by atoms with E-state index in [4.69, 9.17) is 23.2 Å². The first kappa shape index (κ1) is 22.6. The van der Waals surface area contributed by atoms with Gasteiger partial charge in [-0.15, -0.1) is 22.9 Å². The zero-order chi connectivity index (χ0) is 23.4. The van der Waals surface area contributed by atoms with E-state index in [0.717, 1.165) is 46.6 Å². The van der Waals surface area contributed by atoms with Crippen LogP contribution in [-0.4, -0.2) is 26.9 Å². The third-order valence-corrected chi connectivity index (χ3v) is 6.56. The van der Waals surface area contributed by atoms with E-state index >= 15 is 0 Å². The number of carbonyl (C=O) groups excluding carboxylic acids is 3. The smallest absolute Gasteiger partial charge is 0.281 e. The van der Waals surface area contributed by atoms with Crippen molar-refractivity contribution in [2.24, 2.45) is 0 Å². The molecule has 12 heteroatoms. The number of imide groups is 1. The molecule has 1 aromatic heterocycles. The number of nitrogens with zero attached hydrogens (tertiary/aromatic N) is 2. The van der Waals surface area contributed by atoms with Gasteiger partial charge in [-0.2, -0.15) is 13.2 Å². The number of aromatic nitrogens is 1. The largest absolute Gasteiger partial charge is 0.416 e. The Morgan fingerprint density at radius 3 is 2.53 bits per heavy atom. The topological polar surface area (TPSA) is 67.3 Å². The molecule has 1 atom stereocenters. The Labute approximate surface area is 191 Å². The first-order valence-electron chi connectivity index (χ1n) is 8.90. The minimum absolute atomic E-state index is 0.0484. The van der Waals surface area contributed by atoms with Gasteiger partial charge in [0.05, 0.1) is 28.7 Å². The highest BCUT2D eigenvalue weighted by Gasteiger charge is 2.51. The first-order valence-corrected chi connectivity index (χ1v) is 10.5. The van der Waals surface area contributed by atoms with E-state index < -0.39 is 52.5 Å². The summed E-state index contributed by atoms with van der Waals surface area (Å²) in [7, 11) is 0. The Morgan fingerprint density at radius 1 is 1.16 bits per heavy atom. The summed E-state index contributed by atoms with van der Waals surface area (Å²) in [5.74, 6) is -2.58. The van der Waals surface area contributed by atoms with E-state index in [1.165, 1.54) is 6.07 Å². The van der Waals surface area contributed by atoms with Crippen LogP contribution in [0.2, 0.25) is 0 Å². The second-order valence-corrected chi connectivity index (χ2v) is 9.19. The number of hydrogen-bond donors (Lipinski definition) is 0. The summed E-state index contributed by atoms with van der Waals surface area (Å²) in [4.78, 5) is 40.4. The Hall–Kier alpha value is -2.56. The van der Waals surface area contributed by atoms with Gasteiger partial charge in [-0.25, -0.2) is 9.37 Å². The molecule has 2 heterocycles. The molecule has 0 N–H and O–H groups in total. The highest BCUT2D eigenvalue weighted by molar-refractivity contribution is 7.18. The van der Waals surface area contributed by atoms with Crippen LogP contribution in [0.3, 0.4) is 0 Å². The van der Waals surface area contributed by atoms with Gasteiger partial charge in [-0.05, 0) is 53.6 Å². The van der Waals surface area contributed by atoms with Crippen LogP contribution in [-0.2, 0) is 27.2 Å². The highest BCUT2D eigenvalue weighted by atomic mass is 35.5. The minimum Gasteiger partial charge on any atom is -0.281 e. The molecule has 3 aromatic rings. The SMILES string of the molecule is O=C(Cl)CC1(Cl)C(=O)N(Cc2nc3cc(C(F)(F)F)ccc3s2)C(=O)c2ccc(F)cc21. The lowest BCUT2D eigenvalue weighted by molar-refractivity contribution is -0.137. The molecule has 0 radical (unpaired) electrons. The summed E-state index contributed by atoms with van der Waals surface area (Å²) < 4.78 is 53.1. The molecule has 0 fully saturated rings. The van der Waals surface area contributed by atoms with Crippen molar-refractivity contribution in [1.29, 1.82) is 0 Å². The second kappa shape index (κ2) is 7.79. The number of amides is 2. The van der Waals surface area contributed by atoms with Crippen molar-refractivity contribution >= 4 is 61.8 Å². The summed E-state index contributed by atoms with van der Waals surface area (Å²) in [6.07, 6.45) is -5.26. The Balaban J connectivity index is 1.75. The van der Waals surface area contributed by atoms with E-state index in [1.54, 1.807) is 0 Å².